The van der Waals surface area contributed by atoms with Crippen LogP contribution in [0.5, 0.6) is 0 Å². The molecule has 138 valence electrons. The van der Waals surface area contributed by atoms with Crippen LogP contribution in [0.4, 0.5) is 4.39 Å². The number of hydrogen-bond acceptors (Lipinski definition) is 2. The third-order valence-electron chi connectivity index (χ3n) is 5.01. The average Bonchev–Trinajstić information content (AvgIpc) is 2.68. The van der Waals surface area contributed by atoms with E-state index >= 15 is 0 Å². The lowest BCUT2D eigenvalue weighted by Crippen LogP contribution is -2.31. The monoisotopic (exact) mass is 374 g/mol. The van der Waals surface area contributed by atoms with Crippen molar-refractivity contribution in [3.8, 4) is 0 Å². The van der Waals surface area contributed by atoms with Crippen LogP contribution in [-0.4, -0.2) is 30.4 Å². The van der Waals surface area contributed by atoms with Crippen LogP contribution in [0.1, 0.15) is 47.2 Å². The number of hydrogen-bond donors (Lipinski definition) is 1. The number of nitrogens with one attached hydrogen (secondary N) is 1. The molecule has 0 bridgehead atoms. The van der Waals surface area contributed by atoms with Gasteiger partial charge in [-0.1, -0.05) is 29.8 Å². The number of piperidine rings is 1. The van der Waals surface area contributed by atoms with E-state index in [2.05, 4.69) is 5.32 Å². The lowest BCUT2D eigenvalue weighted by molar-refractivity contribution is 0.0751. The van der Waals surface area contributed by atoms with E-state index in [1.54, 1.807) is 17.0 Å². The van der Waals surface area contributed by atoms with E-state index in [1.807, 2.05) is 31.2 Å². The number of carbonyl (C=O) groups excluding carboxylic acids is 1. The lowest BCUT2D eigenvalue weighted by atomic mass is 9.91. The summed E-state index contributed by atoms with van der Waals surface area (Å²) in [4.78, 5) is 14.5. The highest BCUT2D eigenvalue weighted by atomic mass is 35.5. The highest BCUT2D eigenvalue weighted by molar-refractivity contribution is 6.31. The summed E-state index contributed by atoms with van der Waals surface area (Å²) in [6.07, 6.45) is 2.35. The van der Waals surface area contributed by atoms with Gasteiger partial charge in [-0.25, -0.2) is 4.39 Å². The molecular weight excluding hydrogens is 351 g/mol. The molecule has 26 heavy (non-hydrogen) atoms. The molecule has 0 unspecified atom stereocenters. The van der Waals surface area contributed by atoms with Gasteiger partial charge in [0.1, 0.15) is 5.82 Å². The predicted molar refractivity (Wildman–Crippen MR) is 103 cm³/mol. The molecule has 1 N–H and O–H groups in total. The molecule has 1 saturated heterocycles. The Kier molecular flexibility index (Phi) is 6.28. The summed E-state index contributed by atoms with van der Waals surface area (Å²) in [6, 6.07) is 12.4. The number of halogens is 2. The fourth-order valence-electron chi connectivity index (χ4n) is 3.42. The van der Waals surface area contributed by atoms with Gasteiger partial charge in [0.25, 0.3) is 5.91 Å². The number of amides is 1. The molecule has 3 nitrogen and oxygen atoms in total. The highest BCUT2D eigenvalue weighted by Crippen LogP contribution is 2.25. The molecule has 2 aromatic rings. The summed E-state index contributed by atoms with van der Waals surface area (Å²) in [5.74, 6) is 0.0106. The largest absolute Gasteiger partial charge is 0.334 e. The lowest BCUT2D eigenvalue weighted by Gasteiger charge is -2.24. The van der Waals surface area contributed by atoms with Crippen molar-refractivity contribution < 1.29 is 9.18 Å². The van der Waals surface area contributed by atoms with Crippen molar-refractivity contribution in [3.05, 3.63) is 70.0 Å². The van der Waals surface area contributed by atoms with Crippen LogP contribution in [-0.2, 0) is 6.54 Å². The molecule has 0 aromatic heterocycles. The first-order chi connectivity index (χ1) is 12.6. The van der Waals surface area contributed by atoms with Crippen molar-refractivity contribution in [2.45, 2.75) is 32.2 Å². The molecule has 0 radical (unpaired) electrons. The van der Waals surface area contributed by atoms with Gasteiger partial charge in [0.15, 0.2) is 0 Å². The zero-order valence-corrected chi connectivity index (χ0v) is 15.7. The number of rotatable bonds is 5. The van der Waals surface area contributed by atoms with Crippen molar-refractivity contribution in [3.63, 3.8) is 0 Å². The summed E-state index contributed by atoms with van der Waals surface area (Å²) in [5, 5.41) is 3.76. The summed E-state index contributed by atoms with van der Waals surface area (Å²) in [6.45, 7) is 4.60. The minimum atomic E-state index is -0.385. The highest BCUT2D eigenvalue weighted by Gasteiger charge is 2.19. The average molecular weight is 375 g/mol. The SMILES string of the molecule is CCN(Cc1c(F)cccc1Cl)C(=O)c1ccc([C@@H]2CCCNC2)cc1. The van der Waals surface area contributed by atoms with E-state index in [9.17, 15) is 9.18 Å². The van der Waals surface area contributed by atoms with Gasteiger partial charge in [0.2, 0.25) is 0 Å². The molecule has 0 saturated carbocycles. The second kappa shape index (κ2) is 8.65. The molecule has 1 aliphatic rings. The van der Waals surface area contributed by atoms with E-state index in [0.29, 0.717) is 28.6 Å². The van der Waals surface area contributed by atoms with Crippen LogP contribution in [0.15, 0.2) is 42.5 Å². The number of nitrogens with zero attached hydrogens (tertiary/aromatic N) is 1. The van der Waals surface area contributed by atoms with Crippen molar-refractivity contribution in [2.24, 2.45) is 0 Å². The standard InChI is InChI=1S/C21H24ClFN2O/c1-2-25(14-18-19(22)6-3-7-20(18)23)21(26)16-10-8-15(9-11-16)17-5-4-12-24-13-17/h3,6-11,17,24H,2,4-5,12-14H2,1H3/t17-/m1/s1. The quantitative estimate of drug-likeness (QED) is 0.828. The van der Waals surface area contributed by atoms with Gasteiger partial charge >= 0.3 is 0 Å². The topological polar surface area (TPSA) is 32.3 Å². The number of benzene rings is 2. The fraction of sp³-hybridized carbons (Fsp3) is 0.381. The van der Waals surface area contributed by atoms with E-state index < -0.39 is 0 Å². The Hall–Kier alpha value is -1.91. The normalized spacial score (nSPS) is 17.1. The minimum Gasteiger partial charge on any atom is -0.334 e. The van der Waals surface area contributed by atoms with Gasteiger partial charge in [0.05, 0.1) is 6.54 Å². The van der Waals surface area contributed by atoms with Crippen molar-refractivity contribution >= 4 is 17.5 Å². The Labute approximate surface area is 159 Å². The molecule has 0 spiro atoms. The van der Waals surface area contributed by atoms with Crippen LogP contribution in [0.25, 0.3) is 0 Å². The molecule has 5 heteroatoms. The Bertz CT molecular complexity index is 737. The Morgan fingerprint density at radius 1 is 1.27 bits per heavy atom. The Balaban J connectivity index is 1.74. The van der Waals surface area contributed by atoms with Crippen LogP contribution in [0.2, 0.25) is 5.02 Å². The van der Waals surface area contributed by atoms with Gasteiger partial charge < -0.3 is 10.2 Å². The van der Waals surface area contributed by atoms with Crippen LogP contribution in [0, 0.1) is 5.82 Å². The van der Waals surface area contributed by atoms with Crippen molar-refractivity contribution in [1.82, 2.24) is 10.2 Å². The smallest absolute Gasteiger partial charge is 0.254 e. The summed E-state index contributed by atoms with van der Waals surface area (Å²) >= 11 is 6.10. The van der Waals surface area contributed by atoms with Crippen LogP contribution >= 0.6 is 11.6 Å². The Morgan fingerprint density at radius 2 is 2.04 bits per heavy atom. The third-order valence-corrected chi connectivity index (χ3v) is 5.36. The second-order valence-electron chi connectivity index (χ2n) is 6.68. The summed E-state index contributed by atoms with van der Waals surface area (Å²) < 4.78 is 14.0. The first-order valence-corrected chi connectivity index (χ1v) is 9.50. The molecular formula is C21H24ClFN2O. The zero-order chi connectivity index (χ0) is 18.5. The third kappa shape index (κ3) is 4.25. The summed E-state index contributed by atoms with van der Waals surface area (Å²) in [7, 11) is 0. The minimum absolute atomic E-state index is 0.111. The van der Waals surface area contributed by atoms with Crippen LogP contribution < -0.4 is 5.32 Å². The van der Waals surface area contributed by atoms with Gasteiger partial charge in [-0.05, 0) is 62.1 Å². The van der Waals surface area contributed by atoms with Gasteiger partial charge in [-0.2, -0.15) is 0 Å². The van der Waals surface area contributed by atoms with E-state index in [4.69, 9.17) is 11.6 Å². The summed E-state index contributed by atoms with van der Waals surface area (Å²) in [5.41, 5.74) is 2.23. The van der Waals surface area contributed by atoms with Crippen molar-refractivity contribution in [2.75, 3.05) is 19.6 Å². The van der Waals surface area contributed by atoms with Crippen LogP contribution in [0.3, 0.4) is 0 Å². The fourth-order valence-corrected chi connectivity index (χ4v) is 3.64. The van der Waals surface area contributed by atoms with Gasteiger partial charge in [-0.3, -0.25) is 4.79 Å². The molecule has 2 aromatic carbocycles. The first kappa shape index (κ1) is 18.9. The molecule has 1 heterocycles. The maximum atomic E-state index is 14.0. The first-order valence-electron chi connectivity index (χ1n) is 9.13. The maximum Gasteiger partial charge on any atom is 0.254 e. The number of carbonyl (C=O) groups is 1. The van der Waals surface area contributed by atoms with Gasteiger partial charge in [0, 0.05) is 29.2 Å². The van der Waals surface area contributed by atoms with Crippen molar-refractivity contribution in [1.29, 1.82) is 0 Å². The van der Waals surface area contributed by atoms with E-state index in [0.717, 1.165) is 13.1 Å². The van der Waals surface area contributed by atoms with E-state index in [-0.39, 0.29) is 18.3 Å². The molecule has 1 atom stereocenters. The molecule has 0 aliphatic carbocycles. The Morgan fingerprint density at radius 3 is 2.65 bits per heavy atom. The zero-order valence-electron chi connectivity index (χ0n) is 15.0. The molecule has 1 fully saturated rings. The predicted octanol–water partition coefficient (Wildman–Crippen LogP) is 4.61. The molecule has 3 rings (SSSR count). The molecule has 1 amide bonds. The van der Waals surface area contributed by atoms with Gasteiger partial charge in [-0.15, -0.1) is 0 Å². The second-order valence-corrected chi connectivity index (χ2v) is 7.09. The molecule has 1 aliphatic heterocycles. The van der Waals surface area contributed by atoms with E-state index in [1.165, 1.54) is 24.5 Å². The maximum absolute atomic E-state index is 14.0.